The standard InChI is InChI=1S/C6H5BrN2O3/c7-4-3(1-2-10)8-9-5(4)6(11)12/h2H,1H2,(H,8,9)(H,11,12). The Bertz CT molecular complexity index is 321. The molecule has 0 saturated heterocycles. The van der Waals surface area contributed by atoms with Gasteiger partial charge in [0.25, 0.3) is 0 Å². The second-order valence-electron chi connectivity index (χ2n) is 2.04. The lowest BCUT2D eigenvalue weighted by atomic mass is 10.3. The maximum Gasteiger partial charge on any atom is 0.357 e. The molecule has 1 rings (SSSR count). The van der Waals surface area contributed by atoms with Crippen molar-refractivity contribution in [2.24, 2.45) is 0 Å². The quantitative estimate of drug-likeness (QED) is 0.749. The number of halogens is 1. The fourth-order valence-corrected chi connectivity index (χ4v) is 1.23. The van der Waals surface area contributed by atoms with Crippen LogP contribution in [0.15, 0.2) is 4.47 Å². The van der Waals surface area contributed by atoms with Gasteiger partial charge in [0.1, 0.15) is 6.29 Å². The van der Waals surface area contributed by atoms with E-state index in [1.807, 2.05) is 0 Å². The Morgan fingerprint density at radius 1 is 1.75 bits per heavy atom. The summed E-state index contributed by atoms with van der Waals surface area (Å²) in [5.74, 6) is -1.13. The van der Waals surface area contributed by atoms with Crippen LogP contribution in [0.4, 0.5) is 0 Å². The molecule has 0 saturated carbocycles. The van der Waals surface area contributed by atoms with Crippen molar-refractivity contribution >= 4 is 28.2 Å². The van der Waals surface area contributed by atoms with E-state index in [0.717, 1.165) is 0 Å². The van der Waals surface area contributed by atoms with E-state index < -0.39 is 5.97 Å². The number of rotatable bonds is 3. The number of hydrogen-bond acceptors (Lipinski definition) is 3. The number of aromatic amines is 1. The Labute approximate surface area is 75.9 Å². The minimum Gasteiger partial charge on any atom is -0.476 e. The summed E-state index contributed by atoms with van der Waals surface area (Å²) in [5, 5.41) is 14.5. The molecule has 0 bridgehead atoms. The Morgan fingerprint density at radius 2 is 2.42 bits per heavy atom. The van der Waals surface area contributed by atoms with Crippen molar-refractivity contribution in [1.29, 1.82) is 0 Å². The number of carbonyl (C=O) groups is 2. The highest BCUT2D eigenvalue weighted by molar-refractivity contribution is 9.10. The molecule has 6 heteroatoms. The number of carboxylic acids is 1. The van der Waals surface area contributed by atoms with E-state index in [9.17, 15) is 9.59 Å². The SMILES string of the molecule is O=CCc1[nH]nc(C(=O)O)c1Br. The summed E-state index contributed by atoms with van der Waals surface area (Å²) in [6.45, 7) is 0. The van der Waals surface area contributed by atoms with Gasteiger partial charge >= 0.3 is 5.97 Å². The highest BCUT2D eigenvalue weighted by Gasteiger charge is 2.15. The third-order valence-electron chi connectivity index (χ3n) is 1.27. The van der Waals surface area contributed by atoms with E-state index >= 15 is 0 Å². The lowest BCUT2D eigenvalue weighted by Gasteiger charge is -1.88. The van der Waals surface area contributed by atoms with E-state index in [4.69, 9.17) is 5.11 Å². The number of hydrogen-bond donors (Lipinski definition) is 2. The maximum atomic E-state index is 10.4. The summed E-state index contributed by atoms with van der Waals surface area (Å²) in [6.07, 6.45) is 0.796. The molecule has 0 fully saturated rings. The van der Waals surface area contributed by atoms with Crippen LogP contribution in [0, 0.1) is 0 Å². The molecule has 1 aromatic heterocycles. The monoisotopic (exact) mass is 232 g/mol. The molecule has 0 radical (unpaired) electrons. The molecule has 12 heavy (non-hydrogen) atoms. The van der Waals surface area contributed by atoms with Crippen molar-refractivity contribution in [3.05, 3.63) is 15.9 Å². The molecule has 0 aliphatic carbocycles. The molecule has 0 spiro atoms. The van der Waals surface area contributed by atoms with E-state index in [-0.39, 0.29) is 12.1 Å². The van der Waals surface area contributed by atoms with Gasteiger partial charge in [0.05, 0.1) is 10.2 Å². The zero-order valence-corrected chi connectivity index (χ0v) is 7.46. The van der Waals surface area contributed by atoms with Crippen LogP contribution in [0.5, 0.6) is 0 Å². The average Bonchev–Trinajstić information content (AvgIpc) is 2.34. The molecule has 0 aliphatic heterocycles. The second-order valence-corrected chi connectivity index (χ2v) is 2.83. The van der Waals surface area contributed by atoms with E-state index in [1.165, 1.54) is 0 Å². The van der Waals surface area contributed by atoms with Crippen molar-refractivity contribution in [2.45, 2.75) is 6.42 Å². The molecule has 64 valence electrons. The van der Waals surface area contributed by atoms with Gasteiger partial charge in [-0.3, -0.25) is 5.10 Å². The van der Waals surface area contributed by atoms with Gasteiger partial charge in [0, 0.05) is 6.42 Å². The minimum absolute atomic E-state index is 0.105. The number of aldehydes is 1. The van der Waals surface area contributed by atoms with Crippen molar-refractivity contribution in [3.8, 4) is 0 Å². The predicted octanol–water partition coefficient (Wildman–Crippen LogP) is 0.612. The fraction of sp³-hybridized carbons (Fsp3) is 0.167. The minimum atomic E-state index is -1.13. The van der Waals surface area contributed by atoms with Crippen molar-refractivity contribution < 1.29 is 14.7 Å². The lowest BCUT2D eigenvalue weighted by molar-refractivity contribution is -0.107. The maximum absolute atomic E-state index is 10.4. The summed E-state index contributed by atoms with van der Waals surface area (Å²) >= 11 is 3.02. The van der Waals surface area contributed by atoms with Crippen LogP contribution in [0.2, 0.25) is 0 Å². The molecular weight excluding hydrogens is 228 g/mol. The number of carbonyl (C=O) groups excluding carboxylic acids is 1. The van der Waals surface area contributed by atoms with Crippen molar-refractivity contribution in [2.75, 3.05) is 0 Å². The van der Waals surface area contributed by atoms with E-state index in [2.05, 4.69) is 26.1 Å². The van der Waals surface area contributed by atoms with Crippen LogP contribution in [-0.2, 0) is 11.2 Å². The van der Waals surface area contributed by atoms with Crippen LogP contribution in [0.3, 0.4) is 0 Å². The number of nitrogens with one attached hydrogen (secondary N) is 1. The van der Waals surface area contributed by atoms with E-state index in [0.29, 0.717) is 16.5 Å². The van der Waals surface area contributed by atoms with Crippen LogP contribution < -0.4 is 0 Å². The van der Waals surface area contributed by atoms with E-state index in [1.54, 1.807) is 0 Å². The third kappa shape index (κ3) is 1.53. The second kappa shape index (κ2) is 3.48. The summed E-state index contributed by atoms with van der Waals surface area (Å²) in [6, 6.07) is 0. The van der Waals surface area contributed by atoms with Gasteiger partial charge in [0.2, 0.25) is 0 Å². The average molecular weight is 233 g/mol. The topological polar surface area (TPSA) is 83.0 Å². The van der Waals surface area contributed by atoms with Gasteiger partial charge in [-0.15, -0.1) is 0 Å². The van der Waals surface area contributed by atoms with Crippen LogP contribution in [0.25, 0.3) is 0 Å². The number of nitrogens with zero attached hydrogens (tertiary/aromatic N) is 1. The molecule has 0 unspecified atom stereocenters. The van der Waals surface area contributed by atoms with Crippen molar-refractivity contribution in [3.63, 3.8) is 0 Å². The van der Waals surface area contributed by atoms with Gasteiger partial charge < -0.3 is 9.90 Å². The Balaban J connectivity index is 3.03. The largest absolute Gasteiger partial charge is 0.476 e. The molecule has 2 N–H and O–H groups in total. The van der Waals surface area contributed by atoms with Crippen molar-refractivity contribution in [1.82, 2.24) is 10.2 Å². The van der Waals surface area contributed by atoms with Gasteiger partial charge in [-0.1, -0.05) is 0 Å². The molecule has 1 aromatic rings. The van der Waals surface area contributed by atoms with Crippen LogP contribution >= 0.6 is 15.9 Å². The first-order valence-corrected chi connectivity index (χ1v) is 3.85. The summed E-state index contributed by atoms with van der Waals surface area (Å²) in [7, 11) is 0. The molecule has 0 aliphatic rings. The Kier molecular flexibility index (Phi) is 2.59. The number of H-pyrrole nitrogens is 1. The number of aromatic carboxylic acids is 1. The van der Waals surface area contributed by atoms with Crippen LogP contribution in [0.1, 0.15) is 16.2 Å². The fourth-order valence-electron chi connectivity index (χ4n) is 0.725. The predicted molar refractivity (Wildman–Crippen MR) is 43.0 cm³/mol. The van der Waals surface area contributed by atoms with Gasteiger partial charge in [0.15, 0.2) is 5.69 Å². The normalized spacial score (nSPS) is 9.75. The van der Waals surface area contributed by atoms with Gasteiger partial charge in [-0.25, -0.2) is 4.79 Å². The highest BCUT2D eigenvalue weighted by Crippen LogP contribution is 2.18. The van der Waals surface area contributed by atoms with Crippen LogP contribution in [-0.4, -0.2) is 27.6 Å². The first-order chi connectivity index (χ1) is 5.66. The molecular formula is C6H5BrN2O3. The molecule has 5 nitrogen and oxygen atoms in total. The lowest BCUT2D eigenvalue weighted by Crippen LogP contribution is -1.97. The summed E-state index contributed by atoms with van der Waals surface area (Å²) in [5.41, 5.74) is 0.370. The van der Waals surface area contributed by atoms with Gasteiger partial charge in [-0.05, 0) is 15.9 Å². The highest BCUT2D eigenvalue weighted by atomic mass is 79.9. The molecule has 0 amide bonds. The number of carboxylic acid groups (broad SMARTS) is 1. The first-order valence-electron chi connectivity index (χ1n) is 3.06. The zero-order chi connectivity index (χ0) is 9.14. The Hall–Kier alpha value is -1.17. The molecule has 0 atom stereocenters. The Morgan fingerprint density at radius 3 is 2.83 bits per heavy atom. The first kappa shape index (κ1) is 8.92. The number of aromatic nitrogens is 2. The third-order valence-corrected chi connectivity index (χ3v) is 2.12. The molecule has 1 heterocycles. The summed E-state index contributed by atoms with van der Waals surface area (Å²) in [4.78, 5) is 20.5. The smallest absolute Gasteiger partial charge is 0.357 e. The zero-order valence-electron chi connectivity index (χ0n) is 5.87. The van der Waals surface area contributed by atoms with Gasteiger partial charge in [-0.2, -0.15) is 5.10 Å². The summed E-state index contributed by atoms with van der Waals surface area (Å²) < 4.78 is 0.335. The molecule has 0 aromatic carbocycles.